The Labute approximate surface area is 67.9 Å². The third kappa shape index (κ3) is 5.82. The van der Waals surface area contributed by atoms with Crippen molar-refractivity contribution in [3.8, 4) is 0 Å². The number of nitrogens with one attached hydrogen (secondary N) is 2. The minimum atomic E-state index is 0.549. The molecule has 0 spiro atoms. The van der Waals surface area contributed by atoms with Crippen LogP contribution in [0.1, 0.15) is 13.8 Å². The Morgan fingerprint density at radius 2 is 2.18 bits per heavy atom. The summed E-state index contributed by atoms with van der Waals surface area (Å²) in [4.78, 5) is 12.0. The molecule has 0 saturated carbocycles. The summed E-state index contributed by atoms with van der Waals surface area (Å²) in [5.41, 5.74) is 5.15. The highest BCUT2D eigenvalue weighted by molar-refractivity contribution is 5.44. The van der Waals surface area contributed by atoms with E-state index in [1.165, 1.54) is 0 Å². The predicted octanol–water partition coefficient (Wildman–Crippen LogP) is -0.423. The molecule has 4 nitrogen and oxygen atoms in total. The van der Waals surface area contributed by atoms with Gasteiger partial charge in [-0.25, -0.2) is 5.43 Å². The minimum absolute atomic E-state index is 0.549. The van der Waals surface area contributed by atoms with E-state index in [9.17, 15) is 4.79 Å². The molecule has 0 unspecified atom stereocenters. The van der Waals surface area contributed by atoms with Gasteiger partial charge in [-0.3, -0.25) is 10.2 Å². The Morgan fingerprint density at radius 1 is 1.55 bits per heavy atom. The van der Waals surface area contributed by atoms with Crippen LogP contribution in [-0.2, 0) is 4.79 Å². The van der Waals surface area contributed by atoms with E-state index >= 15 is 0 Å². The van der Waals surface area contributed by atoms with Gasteiger partial charge in [-0.2, -0.15) is 0 Å². The number of likely N-dealkylation sites (N-methyl/N-ethyl adjacent to an activating group) is 1. The molecule has 0 aromatic rings. The quantitative estimate of drug-likeness (QED) is 0.314. The van der Waals surface area contributed by atoms with Crippen molar-refractivity contribution in [2.24, 2.45) is 0 Å². The van der Waals surface area contributed by atoms with E-state index in [0.717, 1.165) is 13.1 Å². The number of nitrogens with zero attached hydrogens (tertiary/aromatic N) is 1. The number of hydrazine groups is 1. The van der Waals surface area contributed by atoms with E-state index in [4.69, 9.17) is 0 Å². The van der Waals surface area contributed by atoms with Crippen LogP contribution in [0, 0.1) is 0 Å². The molecule has 0 aliphatic heterocycles. The number of rotatable bonds is 6. The normalized spacial score (nSPS) is 10.6. The van der Waals surface area contributed by atoms with Crippen LogP contribution in [0.3, 0.4) is 0 Å². The second-order valence-corrected chi connectivity index (χ2v) is 2.76. The highest BCUT2D eigenvalue weighted by Gasteiger charge is 2.00. The van der Waals surface area contributed by atoms with Crippen molar-refractivity contribution in [3.63, 3.8) is 0 Å². The Morgan fingerprint density at radius 3 is 2.64 bits per heavy atom. The molecule has 4 heteroatoms. The van der Waals surface area contributed by atoms with Gasteiger partial charge in [0.05, 0.1) is 0 Å². The van der Waals surface area contributed by atoms with Crippen LogP contribution >= 0.6 is 0 Å². The molecule has 0 aliphatic carbocycles. The molecule has 0 heterocycles. The fraction of sp³-hybridized carbons (Fsp3) is 0.857. The van der Waals surface area contributed by atoms with Crippen LogP contribution in [0.15, 0.2) is 0 Å². The van der Waals surface area contributed by atoms with Crippen molar-refractivity contribution in [2.75, 3.05) is 20.1 Å². The van der Waals surface area contributed by atoms with E-state index in [-0.39, 0.29) is 0 Å². The zero-order valence-electron chi connectivity index (χ0n) is 7.42. The molecule has 11 heavy (non-hydrogen) atoms. The molecule has 0 aromatic carbocycles. The molecule has 0 aliphatic rings. The summed E-state index contributed by atoms with van der Waals surface area (Å²) in [6.07, 6.45) is 0.634. The maximum atomic E-state index is 9.80. The molecule has 0 rings (SSSR count). The molecule has 0 bridgehead atoms. The Bertz CT molecular complexity index is 106. The molecule has 2 N–H and O–H groups in total. The van der Waals surface area contributed by atoms with Gasteiger partial charge in [-0.1, -0.05) is 0 Å². The van der Waals surface area contributed by atoms with Gasteiger partial charge in [0.1, 0.15) is 0 Å². The monoisotopic (exact) mass is 159 g/mol. The summed E-state index contributed by atoms with van der Waals surface area (Å²) in [7, 11) is 2.05. The smallest absolute Gasteiger partial charge is 0.221 e. The van der Waals surface area contributed by atoms with Crippen molar-refractivity contribution >= 4 is 6.41 Å². The molecule has 66 valence electrons. The maximum Gasteiger partial charge on any atom is 0.221 e. The zero-order chi connectivity index (χ0) is 8.69. The topological polar surface area (TPSA) is 44.4 Å². The van der Waals surface area contributed by atoms with Crippen molar-refractivity contribution < 1.29 is 4.79 Å². The summed E-state index contributed by atoms with van der Waals surface area (Å²) in [5.74, 6) is 0. The summed E-state index contributed by atoms with van der Waals surface area (Å²) in [6.45, 7) is 5.96. The molecule has 0 radical (unpaired) electrons. The van der Waals surface area contributed by atoms with Gasteiger partial charge in [0.2, 0.25) is 6.41 Å². The first kappa shape index (κ1) is 10.4. The molecular formula is C7H17N3O. The van der Waals surface area contributed by atoms with Crippen LogP contribution in [0.5, 0.6) is 0 Å². The fourth-order valence-electron chi connectivity index (χ4n) is 0.604. The minimum Gasteiger partial charge on any atom is -0.303 e. The fourth-order valence-corrected chi connectivity index (χ4v) is 0.604. The SMILES string of the molecule is CC(C)N(C)CCNNC=O. The average molecular weight is 159 g/mol. The number of hydrogen-bond acceptors (Lipinski definition) is 3. The Balaban J connectivity index is 3.17. The van der Waals surface area contributed by atoms with Gasteiger partial charge >= 0.3 is 0 Å². The Kier molecular flexibility index (Phi) is 5.78. The first-order valence-corrected chi connectivity index (χ1v) is 3.80. The van der Waals surface area contributed by atoms with Gasteiger partial charge in [0.25, 0.3) is 0 Å². The molecule has 0 saturated heterocycles. The lowest BCUT2D eigenvalue weighted by molar-refractivity contribution is -0.110. The van der Waals surface area contributed by atoms with Crippen LogP contribution in [0.25, 0.3) is 0 Å². The van der Waals surface area contributed by atoms with Crippen molar-refractivity contribution in [2.45, 2.75) is 19.9 Å². The standard InChI is InChI=1S/C7H17N3O/c1-7(2)10(3)5-4-8-9-6-11/h6-8H,4-5H2,1-3H3,(H,9,11). The third-order valence-corrected chi connectivity index (χ3v) is 1.63. The lowest BCUT2D eigenvalue weighted by Crippen LogP contribution is -2.39. The summed E-state index contributed by atoms with van der Waals surface area (Å²) < 4.78 is 0. The van der Waals surface area contributed by atoms with Gasteiger partial charge in [0.15, 0.2) is 0 Å². The second kappa shape index (κ2) is 6.12. The predicted molar refractivity (Wildman–Crippen MR) is 45.0 cm³/mol. The molecule has 1 amide bonds. The van der Waals surface area contributed by atoms with E-state index in [2.05, 4.69) is 29.6 Å². The van der Waals surface area contributed by atoms with Gasteiger partial charge in [-0.15, -0.1) is 0 Å². The first-order chi connectivity index (χ1) is 5.18. The second-order valence-electron chi connectivity index (χ2n) is 2.76. The summed E-state index contributed by atoms with van der Waals surface area (Å²) in [6, 6.07) is 0.549. The molecule has 0 atom stereocenters. The number of carbonyl (C=O) groups excluding carboxylic acids is 1. The maximum absolute atomic E-state index is 9.80. The van der Waals surface area contributed by atoms with Gasteiger partial charge < -0.3 is 4.90 Å². The third-order valence-electron chi connectivity index (χ3n) is 1.63. The van der Waals surface area contributed by atoms with Crippen LogP contribution in [0.4, 0.5) is 0 Å². The lowest BCUT2D eigenvalue weighted by atomic mass is 10.3. The van der Waals surface area contributed by atoms with E-state index in [1.54, 1.807) is 0 Å². The van der Waals surface area contributed by atoms with Crippen LogP contribution < -0.4 is 10.9 Å². The van der Waals surface area contributed by atoms with Gasteiger partial charge in [0, 0.05) is 19.1 Å². The lowest BCUT2D eigenvalue weighted by Gasteiger charge is -2.20. The summed E-state index contributed by atoms with van der Waals surface area (Å²) in [5, 5.41) is 0. The van der Waals surface area contributed by atoms with Crippen molar-refractivity contribution in [1.82, 2.24) is 15.8 Å². The zero-order valence-corrected chi connectivity index (χ0v) is 7.42. The first-order valence-electron chi connectivity index (χ1n) is 3.80. The molecular weight excluding hydrogens is 142 g/mol. The van der Waals surface area contributed by atoms with E-state index < -0.39 is 0 Å². The Hall–Kier alpha value is -0.610. The highest BCUT2D eigenvalue weighted by atomic mass is 16.1. The molecule has 0 aromatic heterocycles. The largest absolute Gasteiger partial charge is 0.303 e. The molecule has 0 fully saturated rings. The van der Waals surface area contributed by atoms with Crippen LogP contribution in [-0.4, -0.2) is 37.5 Å². The number of hydrogen-bond donors (Lipinski definition) is 2. The average Bonchev–Trinajstić information content (AvgIpc) is 1.97. The van der Waals surface area contributed by atoms with E-state index in [0.29, 0.717) is 12.5 Å². The van der Waals surface area contributed by atoms with E-state index in [1.807, 2.05) is 7.05 Å². The summed E-state index contributed by atoms with van der Waals surface area (Å²) >= 11 is 0. The van der Waals surface area contributed by atoms with Gasteiger partial charge in [-0.05, 0) is 20.9 Å². The van der Waals surface area contributed by atoms with Crippen molar-refractivity contribution in [1.29, 1.82) is 0 Å². The number of carbonyl (C=O) groups is 1. The van der Waals surface area contributed by atoms with Crippen molar-refractivity contribution in [3.05, 3.63) is 0 Å². The number of amides is 1. The highest BCUT2D eigenvalue weighted by Crippen LogP contribution is 1.89. The van der Waals surface area contributed by atoms with Crippen LogP contribution in [0.2, 0.25) is 0 Å².